The molecule has 1 aliphatic heterocycles. The number of aliphatic carboxylic acids is 1. The Morgan fingerprint density at radius 1 is 1.10 bits per heavy atom. The van der Waals surface area contributed by atoms with Gasteiger partial charge in [0.05, 0.1) is 0 Å². The molecule has 1 aliphatic rings. The molecule has 0 bridgehead atoms. The molecule has 100 valence electrons. The summed E-state index contributed by atoms with van der Waals surface area (Å²) in [5.74, 6) is -0.336. The minimum atomic E-state index is -0.843. The van der Waals surface area contributed by atoms with Crippen LogP contribution in [0.1, 0.15) is 5.56 Å². The number of carboxylic acid groups (broad SMARTS) is 1. The number of benzene rings is 2. The molecule has 0 unspecified atom stereocenters. The first kappa shape index (κ1) is 13.3. The molecule has 1 N–H and O–H groups in total. The van der Waals surface area contributed by atoms with Crippen LogP contribution in [-0.4, -0.2) is 16.8 Å². The van der Waals surface area contributed by atoms with Crippen molar-refractivity contribution in [3.05, 3.63) is 58.6 Å². The third-order valence-electron chi connectivity index (χ3n) is 3.18. The number of halogens is 1. The molecule has 2 aromatic rings. The lowest BCUT2D eigenvalue weighted by atomic mass is 10.0. The molecule has 4 heteroatoms. The van der Waals surface area contributed by atoms with Crippen LogP contribution < -0.4 is 0 Å². The molecule has 0 amide bonds. The molecule has 20 heavy (non-hydrogen) atoms. The molecule has 0 fully saturated rings. The van der Waals surface area contributed by atoms with E-state index in [-0.39, 0.29) is 0 Å². The van der Waals surface area contributed by atoms with Gasteiger partial charge in [0.2, 0.25) is 0 Å². The van der Waals surface area contributed by atoms with Gasteiger partial charge in [-0.3, -0.25) is 0 Å². The zero-order chi connectivity index (χ0) is 14.1. The van der Waals surface area contributed by atoms with Crippen molar-refractivity contribution in [2.24, 2.45) is 0 Å². The lowest BCUT2D eigenvalue weighted by molar-refractivity contribution is -0.132. The van der Waals surface area contributed by atoms with Crippen molar-refractivity contribution in [1.82, 2.24) is 0 Å². The molecule has 0 radical (unpaired) electrons. The summed E-state index contributed by atoms with van der Waals surface area (Å²) in [6.07, 6.45) is 1.75. The van der Waals surface area contributed by atoms with E-state index in [1.54, 1.807) is 17.8 Å². The second-order valence-electron chi connectivity index (χ2n) is 4.52. The maximum atomic E-state index is 11.0. The zero-order valence-corrected chi connectivity index (χ0v) is 12.0. The number of hydrogen-bond acceptors (Lipinski definition) is 2. The van der Waals surface area contributed by atoms with Crippen molar-refractivity contribution >= 4 is 35.4 Å². The summed E-state index contributed by atoms with van der Waals surface area (Å²) < 4.78 is 0. The summed E-state index contributed by atoms with van der Waals surface area (Å²) in [4.78, 5) is 12.1. The Morgan fingerprint density at radius 3 is 2.50 bits per heavy atom. The van der Waals surface area contributed by atoms with E-state index in [1.807, 2.05) is 36.4 Å². The van der Waals surface area contributed by atoms with Crippen LogP contribution in [0.4, 0.5) is 0 Å². The molecular formula is C16H11ClO2S. The number of thioether (sulfide) groups is 1. The highest BCUT2D eigenvalue weighted by molar-refractivity contribution is 7.99. The molecule has 0 aliphatic carbocycles. The van der Waals surface area contributed by atoms with E-state index in [4.69, 9.17) is 16.7 Å². The number of rotatable bonds is 2. The number of carbonyl (C=O) groups is 1. The molecule has 3 rings (SSSR count). The van der Waals surface area contributed by atoms with Crippen molar-refractivity contribution < 1.29 is 9.90 Å². The van der Waals surface area contributed by atoms with E-state index in [1.165, 1.54) is 0 Å². The highest BCUT2D eigenvalue weighted by Crippen LogP contribution is 2.35. The lowest BCUT2D eigenvalue weighted by Gasteiger charge is -2.15. The first-order chi connectivity index (χ1) is 9.63. The fourth-order valence-corrected chi connectivity index (χ4v) is 3.26. The summed E-state index contributed by atoms with van der Waals surface area (Å²) in [6.45, 7) is 0. The molecule has 0 atom stereocenters. The van der Waals surface area contributed by atoms with Crippen LogP contribution in [0.2, 0.25) is 5.02 Å². The summed E-state index contributed by atoms with van der Waals surface area (Å²) in [5, 5.41) is 9.75. The average Bonchev–Trinajstić information content (AvgIpc) is 2.47. The van der Waals surface area contributed by atoms with Crippen molar-refractivity contribution in [2.45, 2.75) is 4.90 Å². The van der Waals surface area contributed by atoms with Gasteiger partial charge in [-0.1, -0.05) is 35.9 Å². The van der Waals surface area contributed by atoms with Crippen molar-refractivity contribution in [3.63, 3.8) is 0 Å². The van der Waals surface area contributed by atoms with Gasteiger partial charge in [0, 0.05) is 21.2 Å². The van der Waals surface area contributed by atoms with Crippen LogP contribution in [-0.2, 0) is 4.79 Å². The van der Waals surface area contributed by atoms with Gasteiger partial charge in [-0.2, -0.15) is 0 Å². The van der Waals surface area contributed by atoms with E-state index in [9.17, 15) is 4.79 Å². The Labute approximate surface area is 126 Å². The third kappa shape index (κ3) is 2.60. The second kappa shape index (κ2) is 5.35. The fourth-order valence-electron chi connectivity index (χ4n) is 2.11. The Morgan fingerprint density at radius 2 is 1.80 bits per heavy atom. The summed E-state index contributed by atoms with van der Waals surface area (Å²) >= 11 is 7.45. The van der Waals surface area contributed by atoms with Gasteiger partial charge in [0.25, 0.3) is 0 Å². The summed E-state index contributed by atoms with van der Waals surface area (Å²) in [6, 6.07) is 13.8. The highest BCUT2D eigenvalue weighted by atomic mass is 35.5. The van der Waals surface area contributed by atoms with E-state index >= 15 is 0 Å². The smallest absolute Gasteiger partial charge is 0.332 e. The van der Waals surface area contributed by atoms with E-state index in [2.05, 4.69) is 6.07 Å². The largest absolute Gasteiger partial charge is 0.478 e. The van der Waals surface area contributed by atoms with Crippen LogP contribution in [0.3, 0.4) is 0 Å². The van der Waals surface area contributed by atoms with Gasteiger partial charge in [0.15, 0.2) is 0 Å². The van der Waals surface area contributed by atoms with Crippen molar-refractivity contribution in [1.29, 1.82) is 0 Å². The predicted octanol–water partition coefficient (Wildman–Crippen LogP) is 4.58. The van der Waals surface area contributed by atoms with Crippen LogP contribution >= 0.6 is 23.4 Å². The number of fused-ring (bicyclic) bond motifs is 1. The van der Waals surface area contributed by atoms with Gasteiger partial charge in [-0.15, -0.1) is 11.8 Å². The maximum absolute atomic E-state index is 11.0. The van der Waals surface area contributed by atoms with E-state index in [0.717, 1.165) is 26.6 Å². The second-order valence-corrected chi connectivity index (χ2v) is 5.98. The minimum absolute atomic E-state index is 0.446. The maximum Gasteiger partial charge on any atom is 0.332 e. The summed E-state index contributed by atoms with van der Waals surface area (Å²) in [5.41, 5.74) is 3.63. The van der Waals surface area contributed by atoms with Crippen LogP contribution in [0.5, 0.6) is 0 Å². The first-order valence-electron chi connectivity index (χ1n) is 6.10. The Kier molecular flexibility index (Phi) is 3.55. The van der Waals surface area contributed by atoms with Gasteiger partial charge in [-0.05, 0) is 41.0 Å². The van der Waals surface area contributed by atoms with E-state index < -0.39 is 5.97 Å². The molecular weight excluding hydrogens is 292 g/mol. The average molecular weight is 303 g/mol. The van der Waals surface area contributed by atoms with E-state index in [0.29, 0.717) is 11.3 Å². The number of hydrogen-bond donors (Lipinski definition) is 1. The molecule has 0 saturated carbocycles. The van der Waals surface area contributed by atoms with Gasteiger partial charge in [-0.25, -0.2) is 4.79 Å². The summed E-state index contributed by atoms with van der Waals surface area (Å²) in [7, 11) is 0. The van der Waals surface area contributed by atoms with Gasteiger partial charge >= 0.3 is 5.97 Å². The molecule has 0 aromatic heterocycles. The molecule has 0 spiro atoms. The van der Waals surface area contributed by atoms with Crippen LogP contribution in [0.25, 0.3) is 17.2 Å². The predicted molar refractivity (Wildman–Crippen MR) is 83.2 cm³/mol. The lowest BCUT2D eigenvalue weighted by Crippen LogP contribution is -2.06. The van der Waals surface area contributed by atoms with Crippen molar-refractivity contribution in [2.75, 3.05) is 5.75 Å². The standard InChI is InChI=1S/C16H11ClO2S/c17-14-5-3-10(4-6-14)11-1-2-12-7-13(16(18)19)9-20-15(12)8-11/h1-8H,9H2,(H,18,19). The van der Waals surface area contributed by atoms with Crippen molar-refractivity contribution in [3.8, 4) is 11.1 Å². The zero-order valence-electron chi connectivity index (χ0n) is 10.5. The van der Waals surface area contributed by atoms with Gasteiger partial charge < -0.3 is 5.11 Å². The van der Waals surface area contributed by atoms with Gasteiger partial charge in [0.1, 0.15) is 0 Å². The topological polar surface area (TPSA) is 37.3 Å². The monoisotopic (exact) mass is 302 g/mol. The molecule has 0 saturated heterocycles. The Balaban J connectivity index is 1.99. The minimum Gasteiger partial charge on any atom is -0.478 e. The molecule has 2 aromatic carbocycles. The van der Waals surface area contributed by atoms with Crippen LogP contribution in [0, 0.1) is 0 Å². The molecule has 1 heterocycles. The van der Waals surface area contributed by atoms with Crippen LogP contribution in [0.15, 0.2) is 52.9 Å². The SMILES string of the molecule is O=C(O)C1=Cc2ccc(-c3ccc(Cl)cc3)cc2SC1. The molecule has 2 nitrogen and oxygen atoms in total. The Bertz CT molecular complexity index is 705. The highest BCUT2D eigenvalue weighted by Gasteiger charge is 2.16. The first-order valence-corrected chi connectivity index (χ1v) is 7.46. The quantitative estimate of drug-likeness (QED) is 0.882. The fraction of sp³-hybridized carbons (Fsp3) is 0.0625. The third-order valence-corrected chi connectivity index (χ3v) is 4.55. The normalized spacial score (nSPS) is 13.6. The Hall–Kier alpha value is -1.71. The number of carboxylic acids is 1.